The van der Waals surface area contributed by atoms with Gasteiger partial charge in [0.2, 0.25) is 0 Å². The SMILES string of the molecule is CSc1ccc(OCC(=O)N2CCNCC2)cc1. The van der Waals surface area contributed by atoms with Crippen LogP contribution in [0.2, 0.25) is 0 Å². The molecule has 1 saturated heterocycles. The van der Waals surface area contributed by atoms with E-state index in [0.717, 1.165) is 31.9 Å². The molecule has 1 aliphatic heterocycles. The van der Waals surface area contributed by atoms with Crippen LogP contribution in [0.15, 0.2) is 29.2 Å². The van der Waals surface area contributed by atoms with Gasteiger partial charge in [-0.3, -0.25) is 4.79 Å². The molecular weight excluding hydrogens is 248 g/mol. The summed E-state index contributed by atoms with van der Waals surface area (Å²) in [5.74, 6) is 0.807. The van der Waals surface area contributed by atoms with Gasteiger partial charge >= 0.3 is 0 Å². The van der Waals surface area contributed by atoms with Gasteiger partial charge in [-0.05, 0) is 30.5 Å². The fourth-order valence-electron chi connectivity index (χ4n) is 1.82. The monoisotopic (exact) mass is 266 g/mol. The van der Waals surface area contributed by atoms with Crippen LogP contribution in [0.25, 0.3) is 0 Å². The van der Waals surface area contributed by atoms with E-state index in [9.17, 15) is 4.79 Å². The Morgan fingerprint density at radius 3 is 2.61 bits per heavy atom. The molecule has 1 aromatic rings. The molecule has 4 nitrogen and oxygen atoms in total. The third-order valence-electron chi connectivity index (χ3n) is 2.89. The highest BCUT2D eigenvalue weighted by atomic mass is 32.2. The molecule has 0 bridgehead atoms. The molecule has 1 heterocycles. The normalized spacial score (nSPS) is 15.5. The molecule has 98 valence electrons. The maximum absolute atomic E-state index is 11.9. The highest BCUT2D eigenvalue weighted by molar-refractivity contribution is 7.98. The van der Waals surface area contributed by atoms with Crippen LogP contribution in [-0.2, 0) is 4.79 Å². The van der Waals surface area contributed by atoms with Crippen molar-refractivity contribution in [1.29, 1.82) is 0 Å². The summed E-state index contributed by atoms with van der Waals surface area (Å²) >= 11 is 1.69. The van der Waals surface area contributed by atoms with Gasteiger partial charge in [-0.2, -0.15) is 0 Å². The summed E-state index contributed by atoms with van der Waals surface area (Å²) in [7, 11) is 0. The molecular formula is C13H18N2O2S. The van der Waals surface area contributed by atoms with Crippen molar-refractivity contribution in [2.24, 2.45) is 0 Å². The number of piperazine rings is 1. The second-order valence-corrected chi connectivity index (χ2v) is 4.97. The van der Waals surface area contributed by atoms with Gasteiger partial charge in [0, 0.05) is 31.1 Å². The number of benzene rings is 1. The number of amides is 1. The minimum absolute atomic E-state index is 0.0606. The summed E-state index contributed by atoms with van der Waals surface area (Å²) in [6, 6.07) is 7.79. The second kappa shape index (κ2) is 6.66. The van der Waals surface area contributed by atoms with Crippen LogP contribution < -0.4 is 10.1 Å². The van der Waals surface area contributed by atoms with Crippen LogP contribution in [0.5, 0.6) is 5.75 Å². The van der Waals surface area contributed by atoms with Crippen LogP contribution in [0.1, 0.15) is 0 Å². The molecule has 1 N–H and O–H groups in total. The summed E-state index contributed by atoms with van der Waals surface area (Å²) in [5, 5.41) is 3.22. The average Bonchev–Trinajstić information content (AvgIpc) is 2.46. The van der Waals surface area contributed by atoms with Crippen LogP contribution in [0.3, 0.4) is 0 Å². The van der Waals surface area contributed by atoms with E-state index in [-0.39, 0.29) is 12.5 Å². The smallest absolute Gasteiger partial charge is 0.260 e. The third-order valence-corrected chi connectivity index (χ3v) is 3.64. The molecule has 1 aromatic carbocycles. The summed E-state index contributed by atoms with van der Waals surface area (Å²) in [6.45, 7) is 3.40. The summed E-state index contributed by atoms with van der Waals surface area (Å²) < 4.78 is 5.50. The lowest BCUT2D eigenvalue weighted by atomic mass is 10.3. The molecule has 0 spiro atoms. The van der Waals surface area contributed by atoms with Crippen molar-refractivity contribution in [3.05, 3.63) is 24.3 Å². The van der Waals surface area contributed by atoms with E-state index in [1.807, 2.05) is 35.4 Å². The number of carbonyl (C=O) groups excluding carboxylic acids is 1. The standard InChI is InChI=1S/C13H18N2O2S/c1-18-12-4-2-11(3-5-12)17-10-13(16)15-8-6-14-7-9-15/h2-5,14H,6-10H2,1H3. The van der Waals surface area contributed by atoms with Gasteiger partial charge in [0.15, 0.2) is 6.61 Å². The van der Waals surface area contributed by atoms with E-state index in [0.29, 0.717) is 0 Å². The Kier molecular flexibility index (Phi) is 4.90. The minimum Gasteiger partial charge on any atom is -0.484 e. The number of nitrogens with one attached hydrogen (secondary N) is 1. The Morgan fingerprint density at radius 2 is 2.00 bits per heavy atom. The number of nitrogens with zero attached hydrogens (tertiary/aromatic N) is 1. The van der Waals surface area contributed by atoms with Gasteiger partial charge in [-0.1, -0.05) is 0 Å². The molecule has 1 aliphatic rings. The van der Waals surface area contributed by atoms with E-state index in [2.05, 4.69) is 5.32 Å². The van der Waals surface area contributed by atoms with Crippen molar-refractivity contribution in [3.63, 3.8) is 0 Å². The van der Waals surface area contributed by atoms with Gasteiger partial charge in [0.05, 0.1) is 0 Å². The Balaban J connectivity index is 1.80. The molecule has 1 amide bonds. The quantitative estimate of drug-likeness (QED) is 0.832. The topological polar surface area (TPSA) is 41.6 Å². The zero-order chi connectivity index (χ0) is 12.8. The van der Waals surface area contributed by atoms with Crippen LogP contribution >= 0.6 is 11.8 Å². The van der Waals surface area contributed by atoms with Crippen molar-refractivity contribution < 1.29 is 9.53 Å². The molecule has 5 heteroatoms. The van der Waals surface area contributed by atoms with Gasteiger partial charge in [0.1, 0.15) is 5.75 Å². The first kappa shape index (κ1) is 13.2. The van der Waals surface area contributed by atoms with Crippen LogP contribution in [-0.4, -0.2) is 49.8 Å². The van der Waals surface area contributed by atoms with Gasteiger partial charge < -0.3 is 15.0 Å². The van der Waals surface area contributed by atoms with Gasteiger partial charge in [0.25, 0.3) is 5.91 Å². The highest BCUT2D eigenvalue weighted by Crippen LogP contribution is 2.18. The molecule has 0 unspecified atom stereocenters. The van der Waals surface area contributed by atoms with Crippen LogP contribution in [0, 0.1) is 0 Å². The third kappa shape index (κ3) is 3.65. The average molecular weight is 266 g/mol. The first-order chi connectivity index (χ1) is 8.79. The Bertz CT molecular complexity index is 388. The lowest BCUT2D eigenvalue weighted by molar-refractivity contribution is -0.133. The van der Waals surface area contributed by atoms with Crippen molar-refractivity contribution in [2.75, 3.05) is 39.0 Å². The number of ether oxygens (including phenoxy) is 1. The number of carbonyl (C=O) groups is 1. The molecule has 0 atom stereocenters. The second-order valence-electron chi connectivity index (χ2n) is 4.09. The van der Waals surface area contributed by atoms with Crippen molar-refractivity contribution in [1.82, 2.24) is 10.2 Å². The molecule has 2 rings (SSSR count). The van der Waals surface area contributed by atoms with Crippen LogP contribution in [0.4, 0.5) is 0 Å². The Labute approximate surface area is 112 Å². The zero-order valence-electron chi connectivity index (χ0n) is 10.5. The molecule has 18 heavy (non-hydrogen) atoms. The first-order valence-corrected chi connectivity index (χ1v) is 7.27. The van der Waals surface area contributed by atoms with Gasteiger partial charge in [-0.15, -0.1) is 11.8 Å². The Morgan fingerprint density at radius 1 is 1.33 bits per heavy atom. The van der Waals surface area contributed by atoms with Crippen molar-refractivity contribution in [3.8, 4) is 5.75 Å². The number of hydrogen-bond acceptors (Lipinski definition) is 4. The predicted molar refractivity (Wildman–Crippen MR) is 73.2 cm³/mol. The molecule has 0 saturated carbocycles. The summed E-state index contributed by atoms with van der Waals surface area (Å²) in [6.07, 6.45) is 2.03. The molecule has 0 radical (unpaired) electrons. The fourth-order valence-corrected chi connectivity index (χ4v) is 2.23. The lowest BCUT2D eigenvalue weighted by Gasteiger charge is -2.27. The minimum atomic E-state index is 0.0606. The highest BCUT2D eigenvalue weighted by Gasteiger charge is 2.16. The molecule has 1 fully saturated rings. The Hall–Kier alpha value is -1.20. The number of hydrogen-bond donors (Lipinski definition) is 1. The van der Waals surface area contributed by atoms with E-state index in [1.165, 1.54) is 4.90 Å². The van der Waals surface area contributed by atoms with Crippen molar-refractivity contribution >= 4 is 17.7 Å². The number of rotatable bonds is 4. The zero-order valence-corrected chi connectivity index (χ0v) is 11.3. The van der Waals surface area contributed by atoms with E-state index >= 15 is 0 Å². The van der Waals surface area contributed by atoms with E-state index in [4.69, 9.17) is 4.74 Å². The largest absolute Gasteiger partial charge is 0.484 e. The van der Waals surface area contributed by atoms with Crippen molar-refractivity contribution in [2.45, 2.75) is 4.90 Å². The summed E-state index contributed by atoms with van der Waals surface area (Å²) in [5.41, 5.74) is 0. The maximum atomic E-state index is 11.9. The summed E-state index contributed by atoms with van der Waals surface area (Å²) in [4.78, 5) is 14.9. The van der Waals surface area contributed by atoms with Gasteiger partial charge in [-0.25, -0.2) is 0 Å². The fraction of sp³-hybridized carbons (Fsp3) is 0.462. The van der Waals surface area contributed by atoms with E-state index < -0.39 is 0 Å². The first-order valence-electron chi connectivity index (χ1n) is 6.05. The molecule has 0 aromatic heterocycles. The molecule has 0 aliphatic carbocycles. The number of thioether (sulfide) groups is 1. The lowest BCUT2D eigenvalue weighted by Crippen LogP contribution is -2.47. The van der Waals surface area contributed by atoms with E-state index in [1.54, 1.807) is 11.8 Å². The maximum Gasteiger partial charge on any atom is 0.260 e. The predicted octanol–water partition coefficient (Wildman–Crippen LogP) is 1.22.